The first-order chi connectivity index (χ1) is 8.17. The number of carbonyl (C=O) groups is 1. The Hall–Kier alpha value is -2.16. The molecule has 1 aromatic heterocycles. The Bertz CT molecular complexity index is 409. The lowest BCUT2D eigenvalue weighted by Crippen LogP contribution is -2.35. The van der Waals surface area contributed by atoms with Gasteiger partial charge in [0.25, 0.3) is 0 Å². The van der Waals surface area contributed by atoms with Crippen LogP contribution in [0.15, 0.2) is 12.4 Å². The van der Waals surface area contributed by atoms with Crippen molar-refractivity contribution in [1.82, 2.24) is 9.97 Å². The Labute approximate surface area is 100 Å². The van der Waals surface area contributed by atoms with Gasteiger partial charge >= 0.3 is 0 Å². The summed E-state index contributed by atoms with van der Waals surface area (Å²) in [6, 6.07) is 1.89. The molecular formula is C11H15N5O. The van der Waals surface area contributed by atoms with Crippen molar-refractivity contribution in [2.75, 3.05) is 18.0 Å². The van der Waals surface area contributed by atoms with E-state index in [2.05, 4.69) is 16.9 Å². The summed E-state index contributed by atoms with van der Waals surface area (Å²) >= 11 is 0. The molecule has 0 unspecified atom stereocenters. The number of anilines is 1. The number of aromatic nitrogens is 2. The van der Waals surface area contributed by atoms with Gasteiger partial charge in [-0.2, -0.15) is 5.26 Å². The summed E-state index contributed by atoms with van der Waals surface area (Å²) in [4.78, 5) is 20.7. The highest BCUT2D eigenvalue weighted by Crippen LogP contribution is 2.09. The van der Waals surface area contributed by atoms with E-state index in [0.717, 1.165) is 12.8 Å². The number of hydrogen-bond acceptors (Lipinski definition) is 5. The molecule has 1 amide bonds. The second kappa shape index (κ2) is 6.43. The molecule has 0 bridgehead atoms. The molecule has 0 aliphatic carbocycles. The Morgan fingerprint density at radius 1 is 1.53 bits per heavy atom. The molecule has 1 rings (SSSR count). The average Bonchev–Trinajstić information content (AvgIpc) is 2.34. The summed E-state index contributed by atoms with van der Waals surface area (Å²) in [7, 11) is 0. The van der Waals surface area contributed by atoms with Crippen LogP contribution in [0.4, 0.5) is 5.82 Å². The van der Waals surface area contributed by atoms with Gasteiger partial charge in [0.05, 0.1) is 18.9 Å². The van der Waals surface area contributed by atoms with E-state index in [1.54, 1.807) is 4.90 Å². The van der Waals surface area contributed by atoms with Crippen molar-refractivity contribution in [3.05, 3.63) is 18.1 Å². The lowest BCUT2D eigenvalue weighted by molar-refractivity contribution is -0.116. The number of primary amides is 1. The molecule has 1 heterocycles. The molecule has 0 fully saturated rings. The maximum Gasteiger partial charge on any atom is 0.236 e. The minimum absolute atomic E-state index is 0.112. The summed E-state index contributed by atoms with van der Waals surface area (Å²) < 4.78 is 0. The van der Waals surface area contributed by atoms with Crippen LogP contribution in [0.5, 0.6) is 0 Å². The van der Waals surface area contributed by atoms with E-state index in [0.29, 0.717) is 12.4 Å². The van der Waals surface area contributed by atoms with E-state index < -0.39 is 5.91 Å². The fourth-order valence-corrected chi connectivity index (χ4v) is 1.35. The largest absolute Gasteiger partial charge is 0.368 e. The minimum Gasteiger partial charge on any atom is -0.368 e. The Kier molecular flexibility index (Phi) is 4.88. The van der Waals surface area contributed by atoms with Gasteiger partial charge in [0, 0.05) is 6.54 Å². The SMILES string of the molecule is CCCCN(CC(N)=O)c1cnc(C#N)cn1. The number of nitrogens with two attached hydrogens (primary N) is 1. The lowest BCUT2D eigenvalue weighted by Gasteiger charge is -2.21. The molecule has 2 N–H and O–H groups in total. The zero-order valence-corrected chi connectivity index (χ0v) is 9.76. The van der Waals surface area contributed by atoms with Gasteiger partial charge < -0.3 is 10.6 Å². The third kappa shape index (κ3) is 4.07. The van der Waals surface area contributed by atoms with Crippen molar-refractivity contribution in [1.29, 1.82) is 5.26 Å². The van der Waals surface area contributed by atoms with E-state index in [4.69, 9.17) is 11.0 Å². The van der Waals surface area contributed by atoms with Crippen LogP contribution >= 0.6 is 0 Å². The van der Waals surface area contributed by atoms with Gasteiger partial charge in [0.2, 0.25) is 5.91 Å². The van der Waals surface area contributed by atoms with Crippen LogP contribution in [0.2, 0.25) is 0 Å². The van der Waals surface area contributed by atoms with Crippen LogP contribution < -0.4 is 10.6 Å². The van der Waals surface area contributed by atoms with Crippen LogP contribution in [0.1, 0.15) is 25.5 Å². The molecule has 0 spiro atoms. The van der Waals surface area contributed by atoms with Crippen LogP contribution in [0.25, 0.3) is 0 Å². The quantitative estimate of drug-likeness (QED) is 0.769. The van der Waals surface area contributed by atoms with Gasteiger partial charge in [-0.1, -0.05) is 13.3 Å². The zero-order chi connectivity index (χ0) is 12.7. The Morgan fingerprint density at radius 2 is 2.29 bits per heavy atom. The topological polar surface area (TPSA) is 95.9 Å². The van der Waals surface area contributed by atoms with Gasteiger partial charge in [-0.3, -0.25) is 4.79 Å². The van der Waals surface area contributed by atoms with Crippen molar-refractivity contribution in [3.63, 3.8) is 0 Å². The third-order valence-electron chi connectivity index (χ3n) is 2.21. The van der Waals surface area contributed by atoms with Crippen molar-refractivity contribution in [2.45, 2.75) is 19.8 Å². The molecular weight excluding hydrogens is 218 g/mol. The van der Waals surface area contributed by atoms with E-state index >= 15 is 0 Å². The van der Waals surface area contributed by atoms with Gasteiger partial charge in [0.15, 0.2) is 5.69 Å². The lowest BCUT2D eigenvalue weighted by atomic mass is 10.3. The molecule has 6 heteroatoms. The van der Waals surface area contributed by atoms with Gasteiger partial charge in [0.1, 0.15) is 11.9 Å². The molecule has 1 aromatic rings. The van der Waals surface area contributed by atoms with E-state index in [1.807, 2.05) is 6.07 Å². The number of rotatable bonds is 6. The van der Waals surface area contributed by atoms with Crippen LogP contribution in [-0.4, -0.2) is 29.0 Å². The Morgan fingerprint density at radius 3 is 2.76 bits per heavy atom. The molecule has 90 valence electrons. The zero-order valence-electron chi connectivity index (χ0n) is 9.76. The summed E-state index contributed by atoms with van der Waals surface area (Å²) in [6.45, 7) is 2.87. The number of carbonyl (C=O) groups excluding carboxylic acids is 1. The molecule has 0 atom stereocenters. The molecule has 0 aromatic carbocycles. The third-order valence-corrected chi connectivity index (χ3v) is 2.21. The number of nitriles is 1. The molecule has 0 saturated carbocycles. The number of amides is 1. The van der Waals surface area contributed by atoms with Crippen molar-refractivity contribution < 1.29 is 4.79 Å². The smallest absolute Gasteiger partial charge is 0.236 e. The molecule has 0 radical (unpaired) electrons. The molecule has 0 saturated heterocycles. The maximum absolute atomic E-state index is 10.9. The summed E-state index contributed by atoms with van der Waals surface area (Å²) in [5, 5.41) is 8.61. The summed E-state index contributed by atoms with van der Waals surface area (Å²) in [5.41, 5.74) is 5.43. The van der Waals surface area contributed by atoms with Crippen molar-refractivity contribution in [3.8, 4) is 6.07 Å². The first kappa shape index (κ1) is 12.9. The first-order valence-electron chi connectivity index (χ1n) is 5.42. The average molecular weight is 233 g/mol. The second-order valence-corrected chi connectivity index (χ2v) is 3.61. The normalized spacial score (nSPS) is 9.65. The maximum atomic E-state index is 10.9. The molecule has 6 nitrogen and oxygen atoms in total. The van der Waals surface area contributed by atoms with E-state index in [9.17, 15) is 4.79 Å². The van der Waals surface area contributed by atoms with Crippen LogP contribution in [-0.2, 0) is 4.79 Å². The predicted molar refractivity (Wildman–Crippen MR) is 63.1 cm³/mol. The van der Waals surface area contributed by atoms with Crippen molar-refractivity contribution >= 4 is 11.7 Å². The predicted octanol–water partition coefficient (Wildman–Crippen LogP) is 0.440. The standard InChI is InChI=1S/C11H15N5O/c1-2-3-4-16(8-10(13)17)11-7-14-9(5-12)6-15-11/h6-7H,2-4,8H2,1H3,(H2,13,17). The molecule has 0 aliphatic rings. The monoisotopic (exact) mass is 233 g/mol. The van der Waals surface area contributed by atoms with Gasteiger partial charge in [-0.15, -0.1) is 0 Å². The van der Waals surface area contributed by atoms with Crippen molar-refractivity contribution in [2.24, 2.45) is 5.73 Å². The minimum atomic E-state index is -0.410. The summed E-state index contributed by atoms with van der Waals surface area (Å²) in [6.07, 6.45) is 4.82. The van der Waals surface area contributed by atoms with Crippen LogP contribution in [0.3, 0.4) is 0 Å². The highest BCUT2D eigenvalue weighted by atomic mass is 16.1. The molecule has 17 heavy (non-hydrogen) atoms. The number of nitrogens with zero attached hydrogens (tertiary/aromatic N) is 4. The fraction of sp³-hybridized carbons (Fsp3) is 0.455. The fourth-order valence-electron chi connectivity index (χ4n) is 1.35. The van der Waals surface area contributed by atoms with Gasteiger partial charge in [-0.25, -0.2) is 9.97 Å². The van der Waals surface area contributed by atoms with Crippen LogP contribution in [0, 0.1) is 11.3 Å². The molecule has 0 aliphatic heterocycles. The second-order valence-electron chi connectivity index (χ2n) is 3.61. The van der Waals surface area contributed by atoms with E-state index in [-0.39, 0.29) is 12.2 Å². The Balaban J connectivity index is 2.80. The first-order valence-corrected chi connectivity index (χ1v) is 5.42. The highest BCUT2D eigenvalue weighted by molar-refractivity contribution is 5.79. The van der Waals surface area contributed by atoms with Gasteiger partial charge in [-0.05, 0) is 6.42 Å². The van der Waals surface area contributed by atoms with E-state index in [1.165, 1.54) is 12.4 Å². The number of unbranched alkanes of at least 4 members (excludes halogenated alkanes) is 1. The summed E-state index contributed by atoms with van der Waals surface area (Å²) in [5.74, 6) is 0.156. The number of hydrogen-bond donors (Lipinski definition) is 1. The highest BCUT2D eigenvalue weighted by Gasteiger charge is 2.10.